The number of aliphatic hydroxyl groups excluding tert-OH is 1. The molecule has 1 aliphatic heterocycles. The van der Waals surface area contributed by atoms with Gasteiger partial charge in [-0.05, 0) is 31.9 Å². The number of amides is 1. The largest absolute Gasteiger partial charge is 0.384 e. The van der Waals surface area contributed by atoms with Gasteiger partial charge in [0.15, 0.2) is 0 Å². The highest BCUT2D eigenvalue weighted by Crippen LogP contribution is 2.07. The van der Waals surface area contributed by atoms with Gasteiger partial charge in [0.1, 0.15) is 6.10 Å². The molecule has 110 valence electrons. The van der Waals surface area contributed by atoms with Gasteiger partial charge in [-0.1, -0.05) is 30.3 Å². The lowest BCUT2D eigenvalue weighted by Crippen LogP contribution is -2.51. The van der Waals surface area contributed by atoms with Gasteiger partial charge in [0, 0.05) is 26.2 Å². The van der Waals surface area contributed by atoms with Crippen LogP contribution in [0.25, 0.3) is 0 Å². The Kier molecular flexibility index (Phi) is 5.56. The molecular weight excluding hydrogens is 252 g/mol. The molecule has 1 unspecified atom stereocenters. The summed E-state index contributed by atoms with van der Waals surface area (Å²) in [6, 6.07) is 10.5. The highest BCUT2D eigenvalue weighted by atomic mass is 16.3. The second kappa shape index (κ2) is 7.41. The minimum atomic E-state index is -0.875. The van der Waals surface area contributed by atoms with E-state index < -0.39 is 6.10 Å². The van der Waals surface area contributed by atoms with Crippen LogP contribution in [0, 0.1) is 0 Å². The average Bonchev–Trinajstić information content (AvgIpc) is 2.48. The van der Waals surface area contributed by atoms with Crippen LogP contribution in [-0.4, -0.2) is 59.6 Å². The summed E-state index contributed by atoms with van der Waals surface area (Å²) in [6.45, 7) is 5.89. The van der Waals surface area contributed by atoms with Crippen LogP contribution in [0.3, 0.4) is 0 Å². The van der Waals surface area contributed by atoms with Gasteiger partial charge in [0.05, 0.1) is 0 Å². The lowest BCUT2D eigenvalue weighted by Gasteiger charge is -2.35. The number of carbonyl (C=O) groups is 1. The Morgan fingerprint density at radius 3 is 2.45 bits per heavy atom. The van der Waals surface area contributed by atoms with E-state index in [4.69, 9.17) is 0 Å². The predicted molar refractivity (Wildman–Crippen MR) is 79.5 cm³/mol. The molecule has 1 N–H and O–H groups in total. The zero-order valence-electron chi connectivity index (χ0n) is 12.2. The molecule has 1 aromatic carbocycles. The number of hydrogen-bond donors (Lipinski definition) is 1. The molecular formula is C16H24N2O2. The Morgan fingerprint density at radius 1 is 1.20 bits per heavy atom. The van der Waals surface area contributed by atoms with Crippen LogP contribution in [0.5, 0.6) is 0 Å². The molecule has 4 heteroatoms. The van der Waals surface area contributed by atoms with Crippen molar-refractivity contribution < 1.29 is 9.90 Å². The van der Waals surface area contributed by atoms with Crippen molar-refractivity contribution in [1.29, 1.82) is 0 Å². The number of rotatable bonds is 5. The summed E-state index contributed by atoms with van der Waals surface area (Å²) >= 11 is 0. The Morgan fingerprint density at radius 2 is 1.85 bits per heavy atom. The van der Waals surface area contributed by atoms with Gasteiger partial charge in [0.25, 0.3) is 5.91 Å². The standard InChI is InChI=1S/C16H24N2O2/c1-14(19)16(20)18-12-10-17(11-13-18)9-5-8-15-6-3-2-4-7-15/h2-4,6-7,14,19H,5,8-13H2,1H3. The topological polar surface area (TPSA) is 43.8 Å². The van der Waals surface area contributed by atoms with E-state index >= 15 is 0 Å². The third-order valence-electron chi connectivity index (χ3n) is 3.82. The number of benzene rings is 1. The fraction of sp³-hybridized carbons (Fsp3) is 0.562. The lowest BCUT2D eigenvalue weighted by atomic mass is 10.1. The van der Waals surface area contributed by atoms with E-state index in [0.717, 1.165) is 45.6 Å². The van der Waals surface area contributed by atoms with Gasteiger partial charge in [-0.2, -0.15) is 0 Å². The normalized spacial score (nSPS) is 18.0. The first-order chi connectivity index (χ1) is 9.66. The molecule has 4 nitrogen and oxygen atoms in total. The van der Waals surface area contributed by atoms with Crippen LogP contribution in [0.1, 0.15) is 18.9 Å². The van der Waals surface area contributed by atoms with Crippen molar-refractivity contribution in [2.24, 2.45) is 0 Å². The number of nitrogens with zero attached hydrogens (tertiary/aromatic N) is 2. The fourth-order valence-corrected chi connectivity index (χ4v) is 2.61. The van der Waals surface area contributed by atoms with Gasteiger partial charge in [-0.15, -0.1) is 0 Å². The van der Waals surface area contributed by atoms with E-state index in [0.29, 0.717) is 0 Å². The third kappa shape index (κ3) is 4.32. The lowest BCUT2D eigenvalue weighted by molar-refractivity contribution is -0.141. The fourth-order valence-electron chi connectivity index (χ4n) is 2.61. The van der Waals surface area contributed by atoms with Crippen molar-refractivity contribution in [3.63, 3.8) is 0 Å². The van der Waals surface area contributed by atoms with Crippen molar-refractivity contribution in [2.75, 3.05) is 32.7 Å². The van der Waals surface area contributed by atoms with Crippen molar-refractivity contribution in [2.45, 2.75) is 25.9 Å². The van der Waals surface area contributed by atoms with Crippen LogP contribution < -0.4 is 0 Å². The molecule has 1 amide bonds. The van der Waals surface area contributed by atoms with Crippen LogP contribution in [0.4, 0.5) is 0 Å². The molecule has 1 atom stereocenters. The summed E-state index contributed by atoms with van der Waals surface area (Å²) in [5.41, 5.74) is 1.38. The van der Waals surface area contributed by atoms with Crippen molar-refractivity contribution in [1.82, 2.24) is 9.80 Å². The highest BCUT2D eigenvalue weighted by Gasteiger charge is 2.23. The van der Waals surface area contributed by atoms with Gasteiger partial charge in [-0.3, -0.25) is 9.69 Å². The molecule has 0 radical (unpaired) electrons. The quantitative estimate of drug-likeness (QED) is 0.877. The zero-order chi connectivity index (χ0) is 14.4. The second-order valence-corrected chi connectivity index (χ2v) is 5.43. The molecule has 0 bridgehead atoms. The van der Waals surface area contributed by atoms with E-state index in [1.807, 2.05) is 6.07 Å². The number of aliphatic hydroxyl groups is 1. The molecule has 0 saturated carbocycles. The smallest absolute Gasteiger partial charge is 0.251 e. The molecule has 1 aromatic rings. The van der Waals surface area contributed by atoms with E-state index in [9.17, 15) is 9.90 Å². The van der Waals surface area contributed by atoms with Gasteiger partial charge in [0.2, 0.25) is 0 Å². The molecule has 0 aromatic heterocycles. The van der Waals surface area contributed by atoms with Crippen LogP contribution in [0.2, 0.25) is 0 Å². The van der Waals surface area contributed by atoms with Crippen LogP contribution in [0.15, 0.2) is 30.3 Å². The number of piperazine rings is 1. The van der Waals surface area contributed by atoms with Gasteiger partial charge in [-0.25, -0.2) is 0 Å². The third-order valence-corrected chi connectivity index (χ3v) is 3.82. The van der Waals surface area contributed by atoms with E-state index in [2.05, 4.69) is 29.2 Å². The first-order valence-corrected chi connectivity index (χ1v) is 7.40. The van der Waals surface area contributed by atoms with E-state index in [1.165, 1.54) is 12.5 Å². The maximum absolute atomic E-state index is 11.7. The van der Waals surface area contributed by atoms with Gasteiger partial charge < -0.3 is 10.0 Å². The Bertz CT molecular complexity index is 412. The number of aryl methyl sites for hydroxylation is 1. The summed E-state index contributed by atoms with van der Waals surface area (Å²) in [5.74, 6) is -0.145. The zero-order valence-corrected chi connectivity index (χ0v) is 12.2. The summed E-state index contributed by atoms with van der Waals surface area (Å²) in [6.07, 6.45) is 1.38. The Hall–Kier alpha value is -1.39. The Labute approximate surface area is 121 Å². The first-order valence-electron chi connectivity index (χ1n) is 7.40. The van der Waals surface area contributed by atoms with Gasteiger partial charge >= 0.3 is 0 Å². The minimum Gasteiger partial charge on any atom is -0.384 e. The van der Waals surface area contributed by atoms with Crippen molar-refractivity contribution in [3.8, 4) is 0 Å². The van der Waals surface area contributed by atoms with Crippen LogP contribution >= 0.6 is 0 Å². The summed E-state index contributed by atoms with van der Waals surface area (Å²) in [7, 11) is 0. The van der Waals surface area contributed by atoms with Crippen molar-refractivity contribution in [3.05, 3.63) is 35.9 Å². The average molecular weight is 276 g/mol. The monoisotopic (exact) mass is 276 g/mol. The van der Waals surface area contributed by atoms with Crippen LogP contribution in [-0.2, 0) is 11.2 Å². The molecule has 20 heavy (non-hydrogen) atoms. The highest BCUT2D eigenvalue weighted by molar-refractivity contribution is 5.80. The molecule has 2 rings (SSSR count). The molecule has 0 spiro atoms. The SMILES string of the molecule is CC(O)C(=O)N1CCN(CCCc2ccccc2)CC1. The predicted octanol–water partition coefficient (Wildman–Crippen LogP) is 1.14. The minimum absolute atomic E-state index is 0.145. The van der Waals surface area contributed by atoms with E-state index in [1.54, 1.807) is 4.90 Å². The van der Waals surface area contributed by atoms with E-state index in [-0.39, 0.29) is 5.91 Å². The number of hydrogen-bond acceptors (Lipinski definition) is 3. The first kappa shape index (κ1) is 15.0. The second-order valence-electron chi connectivity index (χ2n) is 5.43. The maximum atomic E-state index is 11.7. The molecule has 1 saturated heterocycles. The summed E-state index contributed by atoms with van der Waals surface area (Å²) in [4.78, 5) is 15.8. The maximum Gasteiger partial charge on any atom is 0.251 e. The Balaban J connectivity index is 1.66. The molecule has 1 aliphatic rings. The molecule has 1 heterocycles. The molecule has 0 aliphatic carbocycles. The molecule has 1 fully saturated rings. The summed E-state index contributed by atoms with van der Waals surface area (Å²) < 4.78 is 0. The van der Waals surface area contributed by atoms with Crippen molar-refractivity contribution >= 4 is 5.91 Å². The summed E-state index contributed by atoms with van der Waals surface area (Å²) in [5, 5.41) is 9.30. The number of carbonyl (C=O) groups excluding carboxylic acids is 1.